The fourth-order valence-corrected chi connectivity index (χ4v) is 8.27. The SMILES string of the molecule is CC1(C)c2ccccc2-c2ccc(-n3c4ccccc4c4cc(-c5ccc6c(c5)c5ccccc5n6-c5ccccc5)ccc43)cc21. The Bertz CT molecular complexity index is 2700. The molecule has 2 heteroatoms. The van der Waals surface area contributed by atoms with Crippen molar-refractivity contribution in [3.8, 4) is 33.6 Å². The summed E-state index contributed by atoms with van der Waals surface area (Å²) in [7, 11) is 0. The quantitative estimate of drug-likeness (QED) is 0.191. The Morgan fingerprint density at radius 1 is 0.362 bits per heavy atom. The van der Waals surface area contributed by atoms with Crippen LogP contribution in [0.1, 0.15) is 25.0 Å². The summed E-state index contributed by atoms with van der Waals surface area (Å²) in [5.41, 5.74) is 15.2. The van der Waals surface area contributed by atoms with Gasteiger partial charge in [0.1, 0.15) is 0 Å². The van der Waals surface area contributed by atoms with Gasteiger partial charge < -0.3 is 9.13 Å². The van der Waals surface area contributed by atoms with Crippen LogP contribution in [0, 0.1) is 0 Å². The molecule has 0 amide bonds. The predicted octanol–water partition coefficient (Wildman–Crippen LogP) is 11.9. The number of fused-ring (bicyclic) bond motifs is 9. The van der Waals surface area contributed by atoms with Crippen LogP contribution in [0.25, 0.3) is 77.2 Å². The standard InChI is InChI=1S/C45H32N2/c1-45(2)39-17-9-6-14-33(39)34-23-22-32(28-40(34)45)47-42-19-11-8-16-36(42)38-27-30(21-25-44(38)47)29-20-24-43-37(26-29)35-15-7-10-18-41(35)46(43)31-12-4-3-5-13-31/h3-28H,1-2H3. The van der Waals surface area contributed by atoms with Crippen molar-refractivity contribution in [2.45, 2.75) is 19.3 Å². The lowest BCUT2D eigenvalue weighted by atomic mass is 9.82. The lowest BCUT2D eigenvalue weighted by molar-refractivity contribution is 0.660. The number of rotatable bonds is 3. The Morgan fingerprint density at radius 2 is 0.872 bits per heavy atom. The molecule has 222 valence electrons. The van der Waals surface area contributed by atoms with Gasteiger partial charge in [-0.1, -0.05) is 111 Å². The molecule has 10 rings (SSSR count). The summed E-state index contributed by atoms with van der Waals surface area (Å²) in [6.07, 6.45) is 0. The Hall–Kier alpha value is -5.86. The molecule has 47 heavy (non-hydrogen) atoms. The first-order valence-electron chi connectivity index (χ1n) is 16.4. The topological polar surface area (TPSA) is 9.86 Å². The van der Waals surface area contributed by atoms with Crippen molar-refractivity contribution in [3.63, 3.8) is 0 Å². The van der Waals surface area contributed by atoms with E-state index < -0.39 is 0 Å². The van der Waals surface area contributed by atoms with E-state index in [1.807, 2.05) is 0 Å². The number of nitrogens with zero attached hydrogens (tertiary/aromatic N) is 2. The van der Waals surface area contributed by atoms with Crippen LogP contribution in [0.4, 0.5) is 0 Å². The van der Waals surface area contributed by atoms with Crippen molar-refractivity contribution in [2.24, 2.45) is 0 Å². The summed E-state index contributed by atoms with van der Waals surface area (Å²) in [4.78, 5) is 0. The Labute approximate surface area is 273 Å². The second-order valence-corrected chi connectivity index (χ2v) is 13.4. The van der Waals surface area contributed by atoms with E-state index >= 15 is 0 Å². The average Bonchev–Trinajstić information content (AvgIpc) is 3.71. The predicted molar refractivity (Wildman–Crippen MR) is 198 cm³/mol. The van der Waals surface area contributed by atoms with Crippen molar-refractivity contribution in [3.05, 3.63) is 169 Å². The molecule has 2 aromatic heterocycles. The molecule has 2 heterocycles. The molecule has 0 unspecified atom stereocenters. The number of aromatic nitrogens is 2. The molecule has 2 nitrogen and oxygen atoms in total. The normalized spacial score (nSPS) is 13.5. The summed E-state index contributed by atoms with van der Waals surface area (Å²) in [6.45, 7) is 4.71. The molecule has 0 fully saturated rings. The van der Waals surface area contributed by atoms with Gasteiger partial charge in [-0.15, -0.1) is 0 Å². The highest BCUT2D eigenvalue weighted by atomic mass is 15.0. The van der Waals surface area contributed by atoms with Crippen molar-refractivity contribution in [1.29, 1.82) is 0 Å². The highest BCUT2D eigenvalue weighted by Crippen LogP contribution is 2.49. The zero-order valence-electron chi connectivity index (χ0n) is 26.4. The van der Waals surface area contributed by atoms with Crippen LogP contribution in [0.15, 0.2) is 158 Å². The average molecular weight is 601 g/mol. The first-order valence-corrected chi connectivity index (χ1v) is 16.4. The molecular weight excluding hydrogens is 569 g/mol. The maximum Gasteiger partial charge on any atom is 0.0541 e. The maximum atomic E-state index is 2.45. The number of hydrogen-bond donors (Lipinski definition) is 0. The minimum absolute atomic E-state index is 0.0455. The molecule has 9 aromatic rings. The van der Waals surface area contributed by atoms with Gasteiger partial charge in [-0.3, -0.25) is 0 Å². The molecule has 1 aliphatic rings. The third kappa shape index (κ3) is 3.67. The fourth-order valence-electron chi connectivity index (χ4n) is 8.27. The zero-order chi connectivity index (χ0) is 31.3. The molecule has 0 aliphatic heterocycles. The van der Waals surface area contributed by atoms with Crippen molar-refractivity contribution < 1.29 is 0 Å². The van der Waals surface area contributed by atoms with Crippen LogP contribution in [0.5, 0.6) is 0 Å². The molecule has 1 aliphatic carbocycles. The molecule has 0 saturated carbocycles. The summed E-state index contributed by atoms with van der Waals surface area (Å²) >= 11 is 0. The van der Waals surface area contributed by atoms with Crippen molar-refractivity contribution >= 4 is 43.6 Å². The van der Waals surface area contributed by atoms with Crippen molar-refractivity contribution in [2.75, 3.05) is 0 Å². The van der Waals surface area contributed by atoms with Gasteiger partial charge in [-0.2, -0.15) is 0 Å². The molecule has 0 saturated heterocycles. The lowest BCUT2D eigenvalue weighted by Gasteiger charge is -2.22. The van der Waals surface area contributed by atoms with Gasteiger partial charge in [-0.05, 0) is 94.0 Å². The number of para-hydroxylation sites is 3. The maximum absolute atomic E-state index is 2.45. The smallest absolute Gasteiger partial charge is 0.0541 e. The highest BCUT2D eigenvalue weighted by molar-refractivity contribution is 6.12. The highest BCUT2D eigenvalue weighted by Gasteiger charge is 2.35. The van der Waals surface area contributed by atoms with Crippen LogP contribution >= 0.6 is 0 Å². The molecule has 0 N–H and O–H groups in total. The molecule has 0 bridgehead atoms. The van der Waals surface area contributed by atoms with Crippen LogP contribution < -0.4 is 0 Å². The van der Waals surface area contributed by atoms with Gasteiger partial charge in [-0.25, -0.2) is 0 Å². The van der Waals surface area contributed by atoms with Gasteiger partial charge >= 0.3 is 0 Å². The Morgan fingerprint density at radius 3 is 1.53 bits per heavy atom. The number of benzene rings is 7. The van der Waals surface area contributed by atoms with Gasteiger partial charge in [0.15, 0.2) is 0 Å². The summed E-state index contributed by atoms with van der Waals surface area (Å²) in [6, 6.07) is 58.1. The van der Waals surface area contributed by atoms with Gasteiger partial charge in [0.2, 0.25) is 0 Å². The minimum atomic E-state index is -0.0455. The monoisotopic (exact) mass is 600 g/mol. The largest absolute Gasteiger partial charge is 0.309 e. The third-order valence-electron chi connectivity index (χ3n) is 10.5. The van der Waals surface area contributed by atoms with E-state index in [2.05, 4.69) is 181 Å². The fraction of sp³-hybridized carbons (Fsp3) is 0.0667. The van der Waals surface area contributed by atoms with E-state index in [4.69, 9.17) is 0 Å². The van der Waals surface area contributed by atoms with E-state index in [-0.39, 0.29) is 5.41 Å². The lowest BCUT2D eigenvalue weighted by Crippen LogP contribution is -2.15. The summed E-state index contributed by atoms with van der Waals surface area (Å²) < 4.78 is 4.83. The van der Waals surface area contributed by atoms with Crippen LogP contribution in [-0.4, -0.2) is 9.13 Å². The van der Waals surface area contributed by atoms with E-state index in [0.29, 0.717) is 0 Å². The first kappa shape index (κ1) is 26.4. The third-order valence-corrected chi connectivity index (χ3v) is 10.5. The van der Waals surface area contributed by atoms with E-state index in [1.54, 1.807) is 0 Å². The zero-order valence-corrected chi connectivity index (χ0v) is 26.4. The van der Waals surface area contributed by atoms with E-state index in [9.17, 15) is 0 Å². The number of hydrogen-bond acceptors (Lipinski definition) is 0. The molecule has 0 spiro atoms. The molecule has 0 atom stereocenters. The second-order valence-electron chi connectivity index (χ2n) is 13.4. The minimum Gasteiger partial charge on any atom is -0.309 e. The van der Waals surface area contributed by atoms with E-state index in [0.717, 1.165) is 0 Å². The molecule has 7 aromatic carbocycles. The summed E-state index contributed by atoms with van der Waals surface area (Å²) in [5, 5.41) is 5.08. The van der Waals surface area contributed by atoms with Gasteiger partial charge in [0.25, 0.3) is 0 Å². The van der Waals surface area contributed by atoms with Gasteiger partial charge in [0, 0.05) is 38.3 Å². The van der Waals surface area contributed by atoms with Crippen molar-refractivity contribution in [1.82, 2.24) is 9.13 Å². The summed E-state index contributed by atoms with van der Waals surface area (Å²) in [5.74, 6) is 0. The first-order chi connectivity index (χ1) is 23.1. The van der Waals surface area contributed by atoms with E-state index in [1.165, 1.54) is 88.4 Å². The molecule has 0 radical (unpaired) electrons. The Balaban J connectivity index is 1.15. The molecular formula is C45H32N2. The van der Waals surface area contributed by atoms with Gasteiger partial charge in [0.05, 0.1) is 22.1 Å². The van der Waals surface area contributed by atoms with Crippen LogP contribution in [-0.2, 0) is 5.41 Å². The Kier molecular flexibility index (Phi) is 5.37. The van der Waals surface area contributed by atoms with Crippen LogP contribution in [0.2, 0.25) is 0 Å². The second kappa shape index (κ2) is 9.57. The van der Waals surface area contributed by atoms with Crippen LogP contribution in [0.3, 0.4) is 0 Å².